The molecule has 4 atom stereocenters. The van der Waals surface area contributed by atoms with Crippen LogP contribution in [0.1, 0.15) is 40.0 Å². The lowest BCUT2D eigenvalue weighted by Gasteiger charge is -2.50. The van der Waals surface area contributed by atoms with Crippen LogP contribution in [0, 0.1) is 11.8 Å². The average molecular weight is 407 g/mol. The Hall–Kier alpha value is -2.38. The molecule has 1 aromatic carbocycles. The number of carboxylic acids is 1. The number of methoxy groups -OCH3 is 2. The first-order valence-electron chi connectivity index (χ1n) is 12.7. The largest absolute Gasteiger partial charge is 0.504 e. The number of aliphatic hydroxyl groups is 1. The van der Waals surface area contributed by atoms with E-state index in [-0.39, 0.29) is 30.1 Å². The Balaban J connectivity index is 1.70. The number of aliphatic imine (C=N–C) groups is 1. The fourth-order valence-electron chi connectivity index (χ4n) is 5.20. The van der Waals surface area contributed by atoms with Gasteiger partial charge >= 0.3 is 5.97 Å². The monoisotopic (exact) mass is 406 g/mol. The van der Waals surface area contributed by atoms with Gasteiger partial charge in [0.15, 0.2) is 0 Å². The van der Waals surface area contributed by atoms with Gasteiger partial charge in [0, 0.05) is 13.1 Å². The van der Waals surface area contributed by atoms with Gasteiger partial charge in [0.05, 0.1) is 57.1 Å². The predicted molar refractivity (Wildman–Crippen MR) is 109 cm³/mol. The van der Waals surface area contributed by atoms with Gasteiger partial charge in [0.25, 0.3) is 0 Å². The van der Waals surface area contributed by atoms with Gasteiger partial charge in [-0.3, -0.25) is 9.89 Å². The van der Waals surface area contributed by atoms with Gasteiger partial charge in [0.1, 0.15) is 11.4 Å². The highest BCUT2D eigenvalue weighted by atomic mass is 16.5. The van der Waals surface area contributed by atoms with Crippen molar-refractivity contribution in [3.63, 3.8) is 0 Å². The first-order valence-corrected chi connectivity index (χ1v) is 9.72. The maximum atomic E-state index is 12.1. The molecule has 3 aliphatic rings. The van der Waals surface area contributed by atoms with Crippen molar-refractivity contribution in [2.24, 2.45) is 16.8 Å². The Morgan fingerprint density at radius 2 is 2.34 bits per heavy atom. The van der Waals surface area contributed by atoms with Crippen molar-refractivity contribution < 1.29 is 32.7 Å². The van der Waals surface area contributed by atoms with Crippen molar-refractivity contribution in [2.45, 2.75) is 37.8 Å². The molecule has 0 aromatic heterocycles. The molecule has 7 heteroatoms. The molecule has 3 heterocycles. The molecule has 2 saturated heterocycles. The molecule has 3 aliphatic heterocycles. The molecule has 0 saturated carbocycles. The van der Waals surface area contributed by atoms with E-state index in [0.717, 1.165) is 6.26 Å². The Morgan fingerprint density at radius 3 is 3.07 bits per heavy atom. The van der Waals surface area contributed by atoms with E-state index >= 15 is 0 Å². The van der Waals surface area contributed by atoms with Gasteiger partial charge in [-0.05, 0) is 36.8 Å². The highest BCUT2D eigenvalue weighted by Gasteiger charge is 2.54. The van der Waals surface area contributed by atoms with Gasteiger partial charge in [-0.1, -0.05) is 19.4 Å². The number of aliphatic carboxylic acids is 1. The third-order valence-electron chi connectivity index (χ3n) is 6.58. The summed E-state index contributed by atoms with van der Waals surface area (Å²) in [4.78, 5) is 18.9. The SMILES string of the molecule is [2H]C([2H])([2H])O/C=C(/C(=O)O)[C@H]1C[C@H]2C3=Nc4cccc(OC([2H])([2H])[2H])c4[C@@]3(O)CCN2C[C@H]1CC. The van der Waals surface area contributed by atoms with Crippen LogP contribution >= 0.6 is 0 Å². The fourth-order valence-corrected chi connectivity index (χ4v) is 5.20. The minimum Gasteiger partial charge on any atom is -0.504 e. The second kappa shape index (κ2) is 7.46. The van der Waals surface area contributed by atoms with Crippen LogP contribution in [0.25, 0.3) is 0 Å². The molecule has 2 N–H and O–H groups in total. The first-order chi connectivity index (χ1) is 16.2. The van der Waals surface area contributed by atoms with Gasteiger partial charge in [0.2, 0.25) is 0 Å². The number of hydrogen-bond donors (Lipinski definition) is 2. The van der Waals surface area contributed by atoms with E-state index < -0.39 is 37.6 Å². The molecule has 29 heavy (non-hydrogen) atoms. The van der Waals surface area contributed by atoms with Gasteiger partial charge in [-0.25, -0.2) is 4.79 Å². The lowest BCUT2D eigenvalue weighted by Crippen LogP contribution is -2.60. The Bertz CT molecular complexity index is 1070. The molecular weight excluding hydrogens is 372 g/mol. The number of hydrogen-bond acceptors (Lipinski definition) is 6. The molecule has 0 bridgehead atoms. The highest BCUT2D eigenvalue weighted by Crippen LogP contribution is 2.51. The topological polar surface area (TPSA) is 91.6 Å². The molecule has 4 rings (SSSR count). The maximum absolute atomic E-state index is 12.1. The van der Waals surface area contributed by atoms with Crippen molar-refractivity contribution >= 4 is 17.4 Å². The average Bonchev–Trinajstić information content (AvgIpc) is 3.05. The van der Waals surface area contributed by atoms with Gasteiger partial charge in [-0.15, -0.1) is 0 Å². The number of carboxylic acid groups (broad SMARTS) is 1. The van der Waals surface area contributed by atoms with E-state index in [1.54, 1.807) is 12.1 Å². The lowest BCUT2D eigenvalue weighted by atomic mass is 9.70. The molecule has 156 valence electrons. The minimum atomic E-state index is -2.77. The summed E-state index contributed by atoms with van der Waals surface area (Å²) in [5, 5.41) is 21.7. The van der Waals surface area contributed by atoms with Crippen LogP contribution in [0.15, 0.2) is 35.0 Å². The smallest absolute Gasteiger partial charge is 0.334 e. The number of rotatable bonds is 5. The van der Waals surface area contributed by atoms with Crippen molar-refractivity contribution in [1.82, 2.24) is 4.90 Å². The van der Waals surface area contributed by atoms with Gasteiger partial charge < -0.3 is 19.7 Å². The van der Waals surface area contributed by atoms with Crippen LogP contribution in [0.3, 0.4) is 0 Å². The summed E-state index contributed by atoms with van der Waals surface area (Å²) in [6.07, 6.45) is 2.05. The second-order valence-electron chi connectivity index (χ2n) is 7.88. The van der Waals surface area contributed by atoms with E-state index in [1.807, 2.05) is 6.92 Å². The molecule has 0 spiro atoms. The van der Waals surface area contributed by atoms with Crippen LogP contribution in [-0.4, -0.2) is 60.0 Å². The Kier molecular flexibility index (Phi) is 3.54. The zero-order valence-corrected chi connectivity index (χ0v) is 16.1. The molecule has 0 aliphatic carbocycles. The van der Waals surface area contributed by atoms with Gasteiger partial charge in [-0.2, -0.15) is 0 Å². The molecule has 0 amide bonds. The normalized spacial score (nSPS) is 35.3. The minimum absolute atomic E-state index is 0.0354. The van der Waals surface area contributed by atoms with Crippen LogP contribution < -0.4 is 4.74 Å². The number of benzene rings is 1. The van der Waals surface area contributed by atoms with E-state index in [0.29, 0.717) is 36.5 Å². The van der Waals surface area contributed by atoms with Crippen LogP contribution in [0.2, 0.25) is 0 Å². The third kappa shape index (κ3) is 3.04. The van der Waals surface area contributed by atoms with Crippen LogP contribution in [0.5, 0.6) is 5.75 Å². The maximum Gasteiger partial charge on any atom is 0.334 e. The van der Waals surface area contributed by atoms with E-state index in [9.17, 15) is 15.0 Å². The number of ether oxygens (including phenoxy) is 2. The third-order valence-corrected chi connectivity index (χ3v) is 6.58. The summed E-state index contributed by atoms with van der Waals surface area (Å²) in [5.41, 5.74) is -0.546. The fraction of sp³-hybridized carbons (Fsp3) is 0.545. The van der Waals surface area contributed by atoms with E-state index in [4.69, 9.17) is 17.7 Å². The zero-order chi connectivity index (χ0) is 25.8. The molecule has 0 radical (unpaired) electrons. The van der Waals surface area contributed by atoms with E-state index in [1.165, 1.54) is 6.07 Å². The summed E-state index contributed by atoms with van der Waals surface area (Å²) in [5.74, 6) is -1.83. The quantitative estimate of drug-likeness (QED) is 0.577. The number of carbonyl (C=O) groups is 1. The zero-order valence-electron chi connectivity index (χ0n) is 22.1. The summed E-state index contributed by atoms with van der Waals surface area (Å²) >= 11 is 0. The van der Waals surface area contributed by atoms with E-state index in [2.05, 4.69) is 9.89 Å². The predicted octanol–water partition coefficient (Wildman–Crippen LogP) is 2.70. The second-order valence-corrected chi connectivity index (χ2v) is 7.88. The Labute approximate surface area is 179 Å². The summed E-state index contributed by atoms with van der Waals surface area (Å²) in [6, 6.07) is 4.35. The summed E-state index contributed by atoms with van der Waals surface area (Å²) < 4.78 is 54.2. The van der Waals surface area contributed by atoms with Crippen molar-refractivity contribution in [2.75, 3.05) is 27.2 Å². The molecule has 7 nitrogen and oxygen atoms in total. The van der Waals surface area contributed by atoms with Crippen molar-refractivity contribution in [3.8, 4) is 5.75 Å². The summed E-state index contributed by atoms with van der Waals surface area (Å²) in [7, 11) is -5.48. The first kappa shape index (κ1) is 13.8. The van der Waals surface area contributed by atoms with Crippen LogP contribution in [-0.2, 0) is 15.1 Å². The molecule has 2 fully saturated rings. The summed E-state index contributed by atoms with van der Waals surface area (Å²) in [6.45, 7) is 2.97. The molecule has 1 aromatic rings. The van der Waals surface area contributed by atoms with Crippen molar-refractivity contribution in [3.05, 3.63) is 35.6 Å². The highest BCUT2D eigenvalue weighted by molar-refractivity contribution is 6.05. The Morgan fingerprint density at radius 1 is 1.48 bits per heavy atom. The van der Waals surface area contributed by atoms with Crippen LogP contribution in [0.4, 0.5) is 5.69 Å². The molecular formula is C22H28N2O5. The number of piperidine rings is 2. The van der Waals surface area contributed by atoms with Crippen molar-refractivity contribution in [1.29, 1.82) is 0 Å². The number of fused-ring (bicyclic) bond motifs is 5. The lowest BCUT2D eigenvalue weighted by molar-refractivity contribution is -0.134. The standard InChI is InChI=1S/C22H28N2O5/c1-4-13-11-24-9-8-22(27)19-16(6-5-7-18(19)29-3)23-20(22)17(24)10-14(13)15(12-28-2)21(25)26/h5-7,12-14,17,27H,4,8-11H2,1-3H3,(H,25,26)/b15-12+/t13-,14+,17+,22+/m1/s1/i2D3,3D3. The molecule has 0 unspecified atom stereocenters. The number of nitrogens with zero attached hydrogens (tertiary/aromatic N) is 2.